The number of allylic oxidation sites excluding steroid dienone is 7. The molecule has 0 radical (unpaired) electrons. The zero-order chi connectivity index (χ0) is 59.5. The molecule has 0 amide bonds. The van der Waals surface area contributed by atoms with Gasteiger partial charge in [-0.1, -0.05) is 113 Å². The first-order valence-corrected chi connectivity index (χ1v) is 32.2. The number of anilines is 1. The Morgan fingerprint density at radius 1 is 0.759 bits per heavy atom. The Balaban J connectivity index is 1.12. The maximum absolute atomic E-state index is 13.4. The number of carbonyl (C=O) groups excluding carboxylic acids is 1. The van der Waals surface area contributed by atoms with Gasteiger partial charge in [-0.05, 0) is 175 Å². The van der Waals surface area contributed by atoms with Crippen molar-refractivity contribution in [3.63, 3.8) is 0 Å². The highest BCUT2D eigenvalue weighted by Crippen LogP contribution is 2.52. The molecule has 13 nitrogen and oxygen atoms in total. The van der Waals surface area contributed by atoms with Crippen molar-refractivity contribution in [2.75, 3.05) is 42.7 Å². The van der Waals surface area contributed by atoms with Crippen molar-refractivity contribution >= 4 is 64.8 Å². The van der Waals surface area contributed by atoms with E-state index in [1.54, 1.807) is 12.1 Å². The van der Waals surface area contributed by atoms with Crippen LogP contribution in [0.1, 0.15) is 134 Å². The molecule has 4 N–H and O–H groups in total. The van der Waals surface area contributed by atoms with Crippen LogP contribution in [0.4, 0.5) is 11.4 Å². The maximum Gasteiger partial charge on any atom is 0.311 e. The van der Waals surface area contributed by atoms with Gasteiger partial charge in [-0.2, -0.15) is 21.4 Å². The van der Waals surface area contributed by atoms with Crippen LogP contribution in [0.15, 0.2) is 168 Å². The summed E-state index contributed by atoms with van der Waals surface area (Å²) in [4.78, 5) is 15.6. The van der Waals surface area contributed by atoms with Gasteiger partial charge in [0.05, 0.1) is 28.9 Å². The number of hydrogen-bond acceptors (Lipinski definition) is 10. The number of aromatic hydroxyl groups is 1. The van der Waals surface area contributed by atoms with E-state index in [-0.39, 0.29) is 61.1 Å². The molecule has 0 saturated heterocycles. The van der Waals surface area contributed by atoms with Crippen LogP contribution in [0.3, 0.4) is 0 Å². The summed E-state index contributed by atoms with van der Waals surface area (Å²) in [5.41, 5.74) is 8.40. The molecule has 2 aliphatic heterocycles. The molecule has 2 heterocycles. The molecule has 15 heteroatoms. The Hall–Kier alpha value is -6.88. The van der Waals surface area contributed by atoms with E-state index in [2.05, 4.69) is 129 Å². The van der Waals surface area contributed by atoms with Gasteiger partial charge in [-0.15, -0.1) is 0 Å². The van der Waals surface area contributed by atoms with Crippen LogP contribution in [-0.2, 0) is 40.6 Å². The summed E-state index contributed by atoms with van der Waals surface area (Å²) in [5, 5.41) is 24.1. The standard InChI is InChI=1S/C68H78N2O11S2/c1-8-68(7,65(73)80-41-40-71)45-53(48-22-30-54(72)31-23-48)44-46(2)47-24-32-55(33-25-47)81-64-51(28-36-60-66(3,4)62-56-20-11-9-16-49(56)26-34-58(62)69(60)38-14-42-82(74,75)76)18-13-19-52(64)29-37-61-67(5,6)63-57-21-12-10-17-50(57)27-35-59(63)70(61)39-15-43-83(77,78)79/h9-12,16-17,20-37,46,53,71H,8,13-15,18-19,38-45H2,1-7H3,(H2-,72,74,75,76,77,78,79)/p+1. The highest BCUT2D eigenvalue weighted by molar-refractivity contribution is 7.86. The van der Waals surface area contributed by atoms with Crippen molar-refractivity contribution in [3.8, 4) is 11.5 Å². The molecule has 0 bridgehead atoms. The first kappa shape index (κ1) is 60.7. The number of esters is 1. The van der Waals surface area contributed by atoms with Gasteiger partial charge in [-0.3, -0.25) is 13.9 Å². The molecule has 3 atom stereocenters. The summed E-state index contributed by atoms with van der Waals surface area (Å²) in [7, 11) is -8.40. The van der Waals surface area contributed by atoms with Crippen LogP contribution >= 0.6 is 0 Å². The van der Waals surface area contributed by atoms with Crippen molar-refractivity contribution in [2.45, 2.75) is 122 Å². The number of hydrogen-bond donors (Lipinski definition) is 4. The number of phenolic OH excluding ortho intramolecular Hbond substituents is 1. The molecule has 438 valence electrons. The second kappa shape index (κ2) is 24.8. The fourth-order valence-electron chi connectivity index (χ4n) is 12.9. The van der Waals surface area contributed by atoms with Crippen LogP contribution in [0.2, 0.25) is 0 Å². The summed E-state index contributed by atoms with van der Waals surface area (Å²) in [6.07, 6.45) is 13.0. The third-order valence-electron chi connectivity index (χ3n) is 17.4. The summed E-state index contributed by atoms with van der Waals surface area (Å²) in [5.74, 6) is 0.378. The predicted molar refractivity (Wildman–Crippen MR) is 331 cm³/mol. The number of rotatable bonds is 23. The monoisotopic (exact) mass is 1160 g/mol. The van der Waals surface area contributed by atoms with E-state index in [0.29, 0.717) is 56.7 Å². The molecule has 3 aliphatic rings. The van der Waals surface area contributed by atoms with Crippen LogP contribution < -0.4 is 9.64 Å². The zero-order valence-corrected chi connectivity index (χ0v) is 50.4. The molecule has 6 aromatic rings. The van der Waals surface area contributed by atoms with Crippen LogP contribution in [0.25, 0.3) is 21.5 Å². The molecular formula is C68H79N2O11S2+. The molecule has 0 saturated carbocycles. The highest BCUT2D eigenvalue weighted by Gasteiger charge is 2.46. The molecule has 0 aromatic heterocycles. The number of nitrogens with zero attached hydrogens (tertiary/aromatic N) is 2. The van der Waals surface area contributed by atoms with E-state index in [4.69, 9.17) is 9.47 Å². The minimum absolute atomic E-state index is 0.0387. The molecule has 83 heavy (non-hydrogen) atoms. The molecule has 3 unspecified atom stereocenters. The molecule has 1 aliphatic carbocycles. The smallest absolute Gasteiger partial charge is 0.311 e. The Kier molecular flexibility index (Phi) is 18.1. The van der Waals surface area contributed by atoms with Crippen LogP contribution in [0.5, 0.6) is 11.5 Å². The predicted octanol–water partition coefficient (Wildman–Crippen LogP) is 13.9. The first-order chi connectivity index (χ1) is 39.4. The van der Waals surface area contributed by atoms with Crippen molar-refractivity contribution in [1.29, 1.82) is 0 Å². The third kappa shape index (κ3) is 13.4. The van der Waals surface area contributed by atoms with E-state index in [9.17, 15) is 40.9 Å². The largest absolute Gasteiger partial charge is 0.508 e. The fraction of sp³-hybridized carbons (Fsp3) is 0.382. The lowest BCUT2D eigenvalue weighted by molar-refractivity contribution is -0.437. The van der Waals surface area contributed by atoms with Gasteiger partial charge in [0, 0.05) is 47.5 Å². The average Bonchev–Trinajstić information content (AvgIpc) is 1.89. The number of phenols is 1. The van der Waals surface area contributed by atoms with Gasteiger partial charge in [0.1, 0.15) is 30.4 Å². The number of aliphatic hydroxyl groups is 1. The molecule has 6 aromatic carbocycles. The lowest BCUT2D eigenvalue weighted by atomic mass is 9.73. The van der Waals surface area contributed by atoms with Crippen molar-refractivity contribution in [1.82, 2.24) is 0 Å². The Morgan fingerprint density at radius 3 is 2.04 bits per heavy atom. The number of benzene rings is 6. The van der Waals surface area contributed by atoms with Gasteiger partial charge in [0.15, 0.2) is 5.71 Å². The summed E-state index contributed by atoms with van der Waals surface area (Å²) < 4.78 is 82.7. The molecule has 9 rings (SSSR count). The lowest BCUT2D eigenvalue weighted by Crippen LogP contribution is -2.32. The minimum atomic E-state index is -4.20. The van der Waals surface area contributed by atoms with Crippen molar-refractivity contribution < 1.29 is 55.0 Å². The maximum atomic E-state index is 13.4. The second-order valence-corrected chi connectivity index (χ2v) is 27.1. The molecule has 0 spiro atoms. The SMILES string of the molecule is CCC(C)(CC(CC(C)c1ccc(OC2=C(C=CC3=[N+](CCCS(=O)(=O)O)c4ccc5ccccc5c4C3(C)C)CCCC2=CC=C2N(CCCS(=O)(=O)O)c3ccc4ccccc4c3C2(C)C)cc1)c1ccc(O)cc1)C(=O)OCCO. The summed E-state index contributed by atoms with van der Waals surface area (Å²) in [6.45, 7) is 15.2. The summed E-state index contributed by atoms with van der Waals surface area (Å²) >= 11 is 0. The lowest BCUT2D eigenvalue weighted by Gasteiger charge is -2.32. The van der Waals surface area contributed by atoms with Gasteiger partial charge >= 0.3 is 5.97 Å². The second-order valence-electron chi connectivity index (χ2n) is 23.9. The molecular weight excluding hydrogens is 1080 g/mol. The topological polar surface area (TPSA) is 191 Å². The summed E-state index contributed by atoms with van der Waals surface area (Å²) in [6, 6.07) is 40.3. The Morgan fingerprint density at radius 2 is 1.39 bits per heavy atom. The third-order valence-corrected chi connectivity index (χ3v) is 19.0. The Bertz CT molecular complexity index is 3800. The normalized spacial score (nSPS) is 18.5. The van der Waals surface area contributed by atoms with Gasteiger partial charge in [-0.25, -0.2) is 0 Å². The van der Waals surface area contributed by atoms with E-state index in [1.165, 1.54) is 0 Å². The van der Waals surface area contributed by atoms with Crippen molar-refractivity contribution in [2.24, 2.45) is 5.41 Å². The van der Waals surface area contributed by atoms with Crippen molar-refractivity contribution in [3.05, 3.63) is 190 Å². The van der Waals surface area contributed by atoms with Gasteiger partial charge < -0.3 is 24.6 Å². The average molecular weight is 1160 g/mol. The number of carbonyl (C=O) groups is 1. The van der Waals surface area contributed by atoms with Crippen LogP contribution in [-0.4, -0.2) is 90.2 Å². The highest BCUT2D eigenvalue weighted by atomic mass is 32.2. The van der Waals surface area contributed by atoms with E-state index in [1.807, 2.05) is 62.4 Å². The van der Waals surface area contributed by atoms with E-state index < -0.39 is 36.5 Å². The van der Waals surface area contributed by atoms with E-state index in [0.717, 1.165) is 84.1 Å². The molecule has 0 fully saturated rings. The quantitative estimate of drug-likeness (QED) is 0.0270. The minimum Gasteiger partial charge on any atom is -0.508 e. The number of aliphatic hydroxyl groups excluding tert-OH is 1. The van der Waals surface area contributed by atoms with E-state index >= 15 is 0 Å². The fourth-order valence-corrected chi connectivity index (χ4v) is 13.9. The zero-order valence-electron chi connectivity index (χ0n) is 48.8. The van der Waals surface area contributed by atoms with Gasteiger partial charge in [0.2, 0.25) is 5.69 Å². The van der Waals surface area contributed by atoms with Gasteiger partial charge in [0.25, 0.3) is 20.2 Å². The number of fused-ring (bicyclic) bond motifs is 6. The Labute approximate surface area is 489 Å². The van der Waals surface area contributed by atoms with Crippen LogP contribution in [0, 0.1) is 5.41 Å². The first-order valence-electron chi connectivity index (χ1n) is 29.0. The number of ether oxygens (including phenoxy) is 2.